The number of hydrogen-bond donors (Lipinski definition) is 2. The summed E-state index contributed by atoms with van der Waals surface area (Å²) in [6, 6.07) is 9.30. The first kappa shape index (κ1) is 10.9. The highest BCUT2D eigenvalue weighted by Gasteiger charge is 2.10. The van der Waals surface area contributed by atoms with Gasteiger partial charge in [-0.3, -0.25) is 9.78 Å². The van der Waals surface area contributed by atoms with E-state index in [1.807, 2.05) is 4.98 Å². The summed E-state index contributed by atoms with van der Waals surface area (Å²) in [5, 5.41) is 0. The Labute approximate surface area is 94.9 Å². The van der Waals surface area contributed by atoms with Gasteiger partial charge in [0.2, 0.25) is 0 Å². The van der Waals surface area contributed by atoms with Crippen molar-refractivity contribution in [1.82, 2.24) is 9.97 Å². The van der Waals surface area contributed by atoms with Gasteiger partial charge in [0.05, 0.1) is 0 Å². The van der Waals surface area contributed by atoms with Gasteiger partial charge in [0, 0.05) is 6.07 Å². The van der Waals surface area contributed by atoms with Crippen LogP contribution in [0.4, 0.5) is 0 Å². The predicted octanol–water partition coefficient (Wildman–Crippen LogP) is 0.282. The summed E-state index contributed by atoms with van der Waals surface area (Å²) in [6.07, 6.45) is 0. The van der Waals surface area contributed by atoms with E-state index in [4.69, 9.17) is 4.74 Å². The van der Waals surface area contributed by atoms with Crippen LogP contribution >= 0.6 is 0 Å². The van der Waals surface area contributed by atoms with E-state index in [0.717, 1.165) is 6.07 Å². The van der Waals surface area contributed by atoms with Crippen LogP contribution in [0.2, 0.25) is 0 Å². The molecule has 0 aliphatic rings. The molecular formula is C11H8N2O4. The minimum Gasteiger partial charge on any atom is -0.422 e. The van der Waals surface area contributed by atoms with E-state index in [9.17, 15) is 14.4 Å². The van der Waals surface area contributed by atoms with E-state index in [1.165, 1.54) is 0 Å². The number of H-pyrrole nitrogens is 2. The number of ether oxygens (including phenoxy) is 1. The molecule has 0 radical (unpaired) electrons. The summed E-state index contributed by atoms with van der Waals surface area (Å²) in [4.78, 5) is 37.6. The molecular weight excluding hydrogens is 224 g/mol. The quantitative estimate of drug-likeness (QED) is 0.574. The summed E-state index contributed by atoms with van der Waals surface area (Å²) >= 11 is 0. The van der Waals surface area contributed by atoms with Crippen LogP contribution in [-0.2, 0) is 0 Å². The molecule has 0 saturated carbocycles. The van der Waals surface area contributed by atoms with E-state index in [1.54, 1.807) is 30.3 Å². The molecule has 1 aromatic carbocycles. The fourth-order valence-corrected chi connectivity index (χ4v) is 1.23. The fraction of sp³-hybridized carbons (Fsp3) is 0. The Balaban J connectivity index is 2.26. The highest BCUT2D eigenvalue weighted by Crippen LogP contribution is 2.09. The molecule has 17 heavy (non-hydrogen) atoms. The molecule has 0 saturated heterocycles. The van der Waals surface area contributed by atoms with Gasteiger partial charge in [-0.25, -0.2) is 9.59 Å². The largest absolute Gasteiger partial charge is 0.422 e. The van der Waals surface area contributed by atoms with Crippen molar-refractivity contribution in [3.05, 3.63) is 62.9 Å². The van der Waals surface area contributed by atoms with Crippen molar-refractivity contribution in [3.8, 4) is 5.75 Å². The van der Waals surface area contributed by atoms with E-state index in [2.05, 4.69) is 4.98 Å². The molecule has 2 rings (SSSR count). The Morgan fingerprint density at radius 1 is 1.06 bits per heavy atom. The normalized spacial score (nSPS) is 9.88. The molecule has 6 nitrogen and oxygen atoms in total. The lowest BCUT2D eigenvalue weighted by Gasteiger charge is -2.02. The lowest BCUT2D eigenvalue weighted by Crippen LogP contribution is -2.26. The topological polar surface area (TPSA) is 92.0 Å². The maximum absolute atomic E-state index is 11.6. The van der Waals surface area contributed by atoms with Crippen LogP contribution in [-0.4, -0.2) is 15.9 Å². The second-order valence-corrected chi connectivity index (χ2v) is 3.20. The van der Waals surface area contributed by atoms with Crippen molar-refractivity contribution in [3.63, 3.8) is 0 Å². The highest BCUT2D eigenvalue weighted by atomic mass is 16.5. The fourth-order valence-electron chi connectivity index (χ4n) is 1.23. The van der Waals surface area contributed by atoms with Gasteiger partial charge in [0.25, 0.3) is 5.56 Å². The number of para-hydroxylation sites is 1. The molecule has 2 aromatic rings. The van der Waals surface area contributed by atoms with Crippen LogP contribution in [0.1, 0.15) is 10.5 Å². The monoisotopic (exact) mass is 232 g/mol. The third-order valence-electron chi connectivity index (χ3n) is 1.93. The zero-order valence-corrected chi connectivity index (χ0v) is 8.60. The van der Waals surface area contributed by atoms with Crippen molar-refractivity contribution >= 4 is 5.97 Å². The SMILES string of the molecule is O=C(Oc1ccccc1)c1cc(=O)[nH]c(=O)[nH]1. The van der Waals surface area contributed by atoms with Crippen LogP contribution in [0.25, 0.3) is 0 Å². The van der Waals surface area contributed by atoms with Crippen LogP contribution in [0.15, 0.2) is 46.0 Å². The second kappa shape index (κ2) is 4.48. The van der Waals surface area contributed by atoms with Crippen molar-refractivity contribution in [1.29, 1.82) is 0 Å². The van der Waals surface area contributed by atoms with Gasteiger partial charge in [-0.05, 0) is 12.1 Å². The molecule has 6 heteroatoms. The first-order valence-corrected chi connectivity index (χ1v) is 4.76. The number of benzene rings is 1. The molecule has 0 aliphatic heterocycles. The lowest BCUT2D eigenvalue weighted by molar-refractivity contribution is 0.0728. The number of carbonyl (C=O) groups excluding carboxylic acids is 1. The molecule has 1 aromatic heterocycles. The number of rotatable bonds is 2. The van der Waals surface area contributed by atoms with E-state index in [0.29, 0.717) is 5.75 Å². The van der Waals surface area contributed by atoms with E-state index < -0.39 is 17.2 Å². The maximum atomic E-state index is 11.6. The lowest BCUT2D eigenvalue weighted by atomic mass is 10.3. The molecule has 0 atom stereocenters. The van der Waals surface area contributed by atoms with Crippen molar-refractivity contribution < 1.29 is 9.53 Å². The average Bonchev–Trinajstić information content (AvgIpc) is 2.29. The van der Waals surface area contributed by atoms with Gasteiger partial charge in [-0.15, -0.1) is 0 Å². The Bertz CT molecular complexity index is 614. The molecule has 86 valence electrons. The van der Waals surface area contributed by atoms with E-state index in [-0.39, 0.29) is 5.69 Å². The Morgan fingerprint density at radius 3 is 2.41 bits per heavy atom. The third kappa shape index (κ3) is 2.69. The minimum atomic E-state index is -0.792. The zero-order chi connectivity index (χ0) is 12.3. The van der Waals surface area contributed by atoms with Gasteiger partial charge in [0.15, 0.2) is 0 Å². The van der Waals surface area contributed by atoms with Crippen molar-refractivity contribution in [2.75, 3.05) is 0 Å². The molecule has 0 unspecified atom stereocenters. The number of hydrogen-bond acceptors (Lipinski definition) is 4. The maximum Gasteiger partial charge on any atom is 0.360 e. The first-order valence-electron chi connectivity index (χ1n) is 4.76. The summed E-state index contributed by atoms with van der Waals surface area (Å²) in [7, 11) is 0. The van der Waals surface area contributed by atoms with Gasteiger partial charge in [0.1, 0.15) is 11.4 Å². The second-order valence-electron chi connectivity index (χ2n) is 3.20. The number of carbonyl (C=O) groups is 1. The molecule has 0 spiro atoms. The first-order chi connectivity index (χ1) is 8.15. The number of aromatic amines is 2. The summed E-state index contributed by atoms with van der Waals surface area (Å²) in [6.45, 7) is 0. The van der Waals surface area contributed by atoms with Crippen LogP contribution < -0.4 is 16.0 Å². The average molecular weight is 232 g/mol. The Hall–Kier alpha value is -2.63. The zero-order valence-electron chi connectivity index (χ0n) is 8.60. The smallest absolute Gasteiger partial charge is 0.360 e. The van der Waals surface area contributed by atoms with Crippen LogP contribution in [0.5, 0.6) is 5.75 Å². The standard InChI is InChI=1S/C11H8N2O4/c14-9-6-8(12-11(16)13-9)10(15)17-7-4-2-1-3-5-7/h1-6H,(H2,12,13,14,16). The summed E-state index contributed by atoms with van der Waals surface area (Å²) in [5.74, 6) is -0.460. The number of nitrogens with one attached hydrogen (secondary N) is 2. The third-order valence-corrected chi connectivity index (χ3v) is 1.93. The molecule has 1 heterocycles. The van der Waals surface area contributed by atoms with Gasteiger partial charge >= 0.3 is 11.7 Å². The molecule has 0 fully saturated rings. The molecule has 2 N–H and O–H groups in total. The Kier molecular flexibility index (Phi) is 2.87. The highest BCUT2D eigenvalue weighted by molar-refractivity contribution is 5.88. The molecule has 0 amide bonds. The predicted molar refractivity (Wildman–Crippen MR) is 59.1 cm³/mol. The molecule has 0 aliphatic carbocycles. The molecule has 0 bridgehead atoms. The summed E-state index contributed by atoms with van der Waals surface area (Å²) in [5.41, 5.74) is -1.60. The van der Waals surface area contributed by atoms with Crippen molar-refractivity contribution in [2.24, 2.45) is 0 Å². The van der Waals surface area contributed by atoms with Crippen LogP contribution in [0.3, 0.4) is 0 Å². The summed E-state index contributed by atoms with van der Waals surface area (Å²) < 4.78 is 4.95. The van der Waals surface area contributed by atoms with Gasteiger partial charge < -0.3 is 9.72 Å². The van der Waals surface area contributed by atoms with Gasteiger partial charge in [-0.2, -0.15) is 0 Å². The van der Waals surface area contributed by atoms with Crippen molar-refractivity contribution in [2.45, 2.75) is 0 Å². The van der Waals surface area contributed by atoms with E-state index >= 15 is 0 Å². The number of esters is 1. The Morgan fingerprint density at radius 2 is 1.76 bits per heavy atom. The minimum absolute atomic E-state index is 0.192. The van der Waals surface area contributed by atoms with Crippen LogP contribution in [0, 0.1) is 0 Å². The van der Waals surface area contributed by atoms with Gasteiger partial charge in [-0.1, -0.05) is 18.2 Å². The number of aromatic nitrogens is 2.